The molecule has 5 aliphatic rings. The van der Waals surface area contributed by atoms with E-state index in [-0.39, 0.29) is 18.8 Å². The third-order valence-electron chi connectivity index (χ3n) is 11.4. The Morgan fingerprint density at radius 3 is 2.64 bits per heavy atom. The van der Waals surface area contributed by atoms with Crippen LogP contribution in [0.2, 0.25) is 0 Å². The number of aliphatic imine (C=N–C) groups is 1. The van der Waals surface area contributed by atoms with Gasteiger partial charge in [-0.2, -0.15) is 0 Å². The predicted octanol–water partition coefficient (Wildman–Crippen LogP) is 4.16. The molecule has 1 heterocycles. The molecule has 0 spiro atoms. The fourth-order valence-electron chi connectivity index (χ4n) is 9.82. The smallest absolute Gasteiger partial charge is 0.0698 e. The average Bonchev–Trinajstić information content (AvgIpc) is 3.15. The van der Waals surface area contributed by atoms with Gasteiger partial charge in [0.1, 0.15) is 0 Å². The molecule has 0 aromatic rings. The zero-order valence-corrected chi connectivity index (χ0v) is 21.5. The third kappa shape index (κ3) is 4.03. The minimum atomic E-state index is -0.181. The number of rotatable bonds is 4. The second kappa shape index (κ2) is 9.19. The highest BCUT2D eigenvalue weighted by atomic mass is 16.5. The molecule has 5 heteroatoms. The number of ether oxygens (including phenoxy) is 1. The lowest BCUT2D eigenvalue weighted by Crippen LogP contribution is -2.61. The Kier molecular flexibility index (Phi) is 6.74. The first-order valence-corrected chi connectivity index (χ1v) is 13.9. The van der Waals surface area contributed by atoms with Crippen molar-refractivity contribution in [3.63, 3.8) is 0 Å². The van der Waals surface area contributed by atoms with E-state index in [0.29, 0.717) is 35.3 Å². The lowest BCUT2D eigenvalue weighted by Gasteiger charge is -2.62. The molecular weight excluding hydrogens is 412 g/mol. The summed E-state index contributed by atoms with van der Waals surface area (Å²) in [4.78, 5) is 7.30. The molecule has 0 aromatic carbocycles. The van der Waals surface area contributed by atoms with Crippen LogP contribution in [0.25, 0.3) is 0 Å². The van der Waals surface area contributed by atoms with Crippen LogP contribution in [0.4, 0.5) is 0 Å². The van der Waals surface area contributed by atoms with Crippen molar-refractivity contribution in [3.8, 4) is 0 Å². The van der Waals surface area contributed by atoms with Crippen molar-refractivity contribution in [2.24, 2.45) is 45.4 Å². The van der Waals surface area contributed by atoms with Crippen molar-refractivity contribution in [1.82, 2.24) is 4.90 Å². The van der Waals surface area contributed by atoms with Crippen LogP contribution in [0.15, 0.2) is 4.99 Å². The van der Waals surface area contributed by atoms with Crippen molar-refractivity contribution in [2.45, 2.75) is 97.3 Å². The zero-order valence-electron chi connectivity index (χ0n) is 21.5. The highest BCUT2D eigenvalue weighted by molar-refractivity contribution is 5.85. The first-order valence-electron chi connectivity index (χ1n) is 13.9. The monoisotopic (exact) mass is 460 g/mol. The number of aliphatic hydroxyl groups excluding tert-OH is 2. The molecule has 4 saturated carbocycles. The SMILES string of the molecule is C/C(=N\CCO)[C@H]1CC[C@H]2[C@@H]3CC[C@H]4C[C@H](O)[C@@H](N5CCO[C@H](C)C5)C[C@]4(C)[C@H]3CC[C@]12C. The maximum atomic E-state index is 11.2. The van der Waals surface area contributed by atoms with E-state index < -0.39 is 0 Å². The Balaban J connectivity index is 1.36. The summed E-state index contributed by atoms with van der Waals surface area (Å²) in [7, 11) is 0. The molecule has 2 N–H and O–H groups in total. The molecule has 5 fully saturated rings. The van der Waals surface area contributed by atoms with Crippen LogP contribution in [0.5, 0.6) is 0 Å². The van der Waals surface area contributed by atoms with E-state index in [1.54, 1.807) is 0 Å². The normalized spacial score (nSPS) is 51.0. The van der Waals surface area contributed by atoms with Gasteiger partial charge in [-0.05, 0) is 99.7 Å². The molecule has 1 saturated heterocycles. The highest BCUT2D eigenvalue weighted by Gasteiger charge is 2.61. The molecule has 0 radical (unpaired) electrons. The Morgan fingerprint density at radius 1 is 1.09 bits per heavy atom. The Bertz CT molecular complexity index is 743. The molecule has 10 atom stereocenters. The van der Waals surface area contributed by atoms with Crippen LogP contribution < -0.4 is 0 Å². The van der Waals surface area contributed by atoms with E-state index in [9.17, 15) is 10.2 Å². The lowest BCUT2D eigenvalue weighted by molar-refractivity contribution is -0.156. The number of hydrogen-bond donors (Lipinski definition) is 2. The first kappa shape index (κ1) is 24.2. The minimum Gasteiger partial charge on any atom is -0.394 e. The van der Waals surface area contributed by atoms with E-state index in [1.165, 1.54) is 44.2 Å². The molecular formula is C28H48N2O3. The molecule has 5 nitrogen and oxygen atoms in total. The van der Waals surface area contributed by atoms with Crippen LogP contribution in [0, 0.1) is 40.4 Å². The van der Waals surface area contributed by atoms with Gasteiger partial charge in [-0.1, -0.05) is 13.8 Å². The van der Waals surface area contributed by atoms with Crippen molar-refractivity contribution in [2.75, 3.05) is 32.8 Å². The summed E-state index contributed by atoms with van der Waals surface area (Å²) < 4.78 is 5.82. The Hall–Kier alpha value is -0.490. The van der Waals surface area contributed by atoms with Crippen LogP contribution in [0.1, 0.15) is 79.1 Å². The quantitative estimate of drug-likeness (QED) is 0.619. The summed E-state index contributed by atoms with van der Waals surface area (Å²) >= 11 is 0. The molecule has 5 rings (SSSR count). The molecule has 0 unspecified atom stereocenters. The fraction of sp³-hybridized carbons (Fsp3) is 0.964. The van der Waals surface area contributed by atoms with Crippen LogP contribution in [0.3, 0.4) is 0 Å². The maximum absolute atomic E-state index is 11.2. The van der Waals surface area contributed by atoms with Gasteiger partial charge in [0, 0.05) is 30.8 Å². The number of hydrogen-bond acceptors (Lipinski definition) is 5. The van der Waals surface area contributed by atoms with Gasteiger partial charge >= 0.3 is 0 Å². The largest absolute Gasteiger partial charge is 0.394 e. The summed E-state index contributed by atoms with van der Waals surface area (Å²) in [5.41, 5.74) is 2.02. The highest BCUT2D eigenvalue weighted by Crippen LogP contribution is 2.67. The van der Waals surface area contributed by atoms with Crippen molar-refractivity contribution < 1.29 is 14.9 Å². The number of nitrogens with zero attached hydrogens (tertiary/aromatic N) is 2. The summed E-state index contributed by atoms with van der Waals surface area (Å²) in [6, 6.07) is 0.300. The van der Waals surface area contributed by atoms with Crippen LogP contribution >= 0.6 is 0 Å². The molecule has 0 amide bonds. The van der Waals surface area contributed by atoms with Gasteiger partial charge in [0.25, 0.3) is 0 Å². The van der Waals surface area contributed by atoms with Crippen LogP contribution in [-0.2, 0) is 4.74 Å². The van der Waals surface area contributed by atoms with Gasteiger partial charge in [-0.25, -0.2) is 0 Å². The number of morpholine rings is 1. The number of aliphatic hydroxyl groups is 2. The topological polar surface area (TPSA) is 65.3 Å². The minimum absolute atomic E-state index is 0.156. The van der Waals surface area contributed by atoms with Crippen LogP contribution in [-0.4, -0.2) is 71.9 Å². The molecule has 0 aromatic heterocycles. The number of fused-ring (bicyclic) bond motifs is 5. The van der Waals surface area contributed by atoms with E-state index in [2.05, 4.69) is 32.6 Å². The zero-order chi connectivity index (χ0) is 23.4. The molecule has 33 heavy (non-hydrogen) atoms. The van der Waals surface area contributed by atoms with Gasteiger partial charge in [0.2, 0.25) is 0 Å². The first-order chi connectivity index (χ1) is 15.8. The Morgan fingerprint density at radius 2 is 1.88 bits per heavy atom. The van der Waals surface area contributed by atoms with E-state index in [4.69, 9.17) is 9.73 Å². The molecule has 188 valence electrons. The lowest BCUT2D eigenvalue weighted by atomic mass is 9.44. The molecule has 1 aliphatic heterocycles. The van der Waals surface area contributed by atoms with Gasteiger partial charge in [-0.15, -0.1) is 0 Å². The molecule has 4 aliphatic carbocycles. The predicted molar refractivity (Wildman–Crippen MR) is 132 cm³/mol. The second-order valence-corrected chi connectivity index (χ2v) is 12.8. The summed E-state index contributed by atoms with van der Waals surface area (Å²) in [6.07, 6.45) is 10.2. The van der Waals surface area contributed by atoms with Gasteiger partial charge in [-0.3, -0.25) is 9.89 Å². The average molecular weight is 461 g/mol. The van der Waals surface area contributed by atoms with Crippen molar-refractivity contribution >= 4 is 5.71 Å². The van der Waals surface area contributed by atoms with E-state index in [0.717, 1.165) is 50.3 Å². The van der Waals surface area contributed by atoms with E-state index >= 15 is 0 Å². The van der Waals surface area contributed by atoms with E-state index in [1.807, 2.05) is 0 Å². The summed E-state index contributed by atoms with van der Waals surface area (Å²) in [5, 5.41) is 20.5. The second-order valence-electron chi connectivity index (χ2n) is 12.8. The standard InChI is InChI=1S/C28H48N2O3/c1-18-17-30(12-14-33-18)25-16-28(4)20(15-26(25)32)5-6-21-23-8-7-22(19(2)29-11-13-31)27(23,3)10-9-24(21)28/h18,20-26,31-32H,5-17H2,1-4H3/b29-19+/t18-,20+,21+,22-,23+,24+,25+,26+,27-,28+/m1/s1. The van der Waals surface area contributed by atoms with Gasteiger partial charge < -0.3 is 14.9 Å². The summed E-state index contributed by atoms with van der Waals surface area (Å²) in [5.74, 6) is 3.72. The van der Waals surface area contributed by atoms with Crippen molar-refractivity contribution in [3.05, 3.63) is 0 Å². The third-order valence-corrected chi connectivity index (χ3v) is 11.4. The Labute approximate surface area is 201 Å². The van der Waals surface area contributed by atoms with Gasteiger partial charge in [0.05, 0.1) is 32.0 Å². The molecule has 0 bridgehead atoms. The van der Waals surface area contributed by atoms with Crippen molar-refractivity contribution in [1.29, 1.82) is 0 Å². The fourth-order valence-corrected chi connectivity index (χ4v) is 9.82. The summed E-state index contributed by atoms with van der Waals surface area (Å²) in [6.45, 7) is 13.0. The maximum Gasteiger partial charge on any atom is 0.0698 e. The van der Waals surface area contributed by atoms with Gasteiger partial charge in [0.15, 0.2) is 0 Å².